The van der Waals surface area contributed by atoms with E-state index >= 15 is 0 Å². The highest BCUT2D eigenvalue weighted by molar-refractivity contribution is 6.33. The maximum atomic E-state index is 12.9. The van der Waals surface area contributed by atoms with E-state index < -0.39 is 0 Å². The van der Waals surface area contributed by atoms with Gasteiger partial charge in [0.25, 0.3) is 5.78 Å². The molecule has 0 N–H and O–H groups in total. The fourth-order valence-corrected chi connectivity index (χ4v) is 4.02. The lowest BCUT2D eigenvalue weighted by atomic mass is 10.1. The van der Waals surface area contributed by atoms with Crippen molar-refractivity contribution < 1.29 is 4.79 Å². The minimum atomic E-state index is 0.167. The van der Waals surface area contributed by atoms with Gasteiger partial charge in [0, 0.05) is 35.6 Å². The third kappa shape index (κ3) is 3.61. The highest BCUT2D eigenvalue weighted by Crippen LogP contribution is 2.26. The van der Waals surface area contributed by atoms with Crippen molar-refractivity contribution >= 4 is 23.3 Å². The van der Waals surface area contributed by atoms with Crippen LogP contribution in [0.25, 0.3) is 17.2 Å². The van der Waals surface area contributed by atoms with Crippen molar-refractivity contribution in [3.63, 3.8) is 0 Å². The summed E-state index contributed by atoms with van der Waals surface area (Å²) >= 11 is 6.30. The molecule has 1 amide bonds. The Balaban J connectivity index is 1.68. The van der Waals surface area contributed by atoms with E-state index in [1.165, 1.54) is 12.8 Å². The number of hydrogen-bond donors (Lipinski definition) is 0. The standard InChI is InChI=1S/C21H24ClN5O/c1-14-17(13-19(28)26-11-7-3-4-8-12-26)15(2)27-21(23-14)24-20(25-27)16-9-5-6-10-18(16)22/h5-6,9-10H,3-4,7-8,11-13H2,1-2H3. The molecule has 146 valence electrons. The Labute approximate surface area is 169 Å². The van der Waals surface area contributed by atoms with Gasteiger partial charge in [-0.3, -0.25) is 4.79 Å². The molecule has 0 aliphatic carbocycles. The van der Waals surface area contributed by atoms with Crippen LogP contribution in [0.5, 0.6) is 0 Å². The molecule has 7 heteroatoms. The minimum Gasteiger partial charge on any atom is -0.342 e. The van der Waals surface area contributed by atoms with Gasteiger partial charge in [-0.05, 0) is 38.8 Å². The molecule has 1 fully saturated rings. The molecule has 0 saturated carbocycles. The highest BCUT2D eigenvalue weighted by Gasteiger charge is 2.21. The van der Waals surface area contributed by atoms with Crippen LogP contribution in [0.1, 0.15) is 42.6 Å². The van der Waals surface area contributed by atoms with Gasteiger partial charge in [-0.25, -0.2) is 9.50 Å². The van der Waals surface area contributed by atoms with Gasteiger partial charge in [-0.2, -0.15) is 4.98 Å². The second-order valence-corrected chi connectivity index (χ2v) is 7.77. The Morgan fingerprint density at radius 1 is 1.07 bits per heavy atom. The summed E-state index contributed by atoms with van der Waals surface area (Å²) in [5.74, 6) is 1.23. The van der Waals surface area contributed by atoms with Crippen molar-refractivity contribution in [2.24, 2.45) is 0 Å². The molecule has 1 aliphatic heterocycles. The maximum absolute atomic E-state index is 12.9. The first-order chi connectivity index (χ1) is 13.5. The molecule has 6 nitrogen and oxygen atoms in total. The SMILES string of the molecule is Cc1nc2nc(-c3ccccc3Cl)nn2c(C)c1CC(=O)N1CCCCCC1. The molecular weight excluding hydrogens is 374 g/mol. The normalized spacial score (nSPS) is 15.0. The number of nitrogens with zero attached hydrogens (tertiary/aromatic N) is 5. The topological polar surface area (TPSA) is 63.4 Å². The lowest BCUT2D eigenvalue weighted by Crippen LogP contribution is -2.33. The zero-order chi connectivity index (χ0) is 19.7. The van der Waals surface area contributed by atoms with Crippen molar-refractivity contribution in [2.45, 2.75) is 46.0 Å². The molecule has 0 radical (unpaired) electrons. The Kier molecular flexibility index (Phi) is 5.31. The van der Waals surface area contributed by atoms with E-state index in [0.717, 1.165) is 48.4 Å². The fourth-order valence-electron chi connectivity index (χ4n) is 3.80. The lowest BCUT2D eigenvalue weighted by Gasteiger charge is -2.21. The third-order valence-corrected chi connectivity index (χ3v) is 5.78. The van der Waals surface area contributed by atoms with Crippen LogP contribution in [0.2, 0.25) is 5.02 Å². The minimum absolute atomic E-state index is 0.167. The number of benzene rings is 1. The van der Waals surface area contributed by atoms with Gasteiger partial charge in [0.05, 0.1) is 11.4 Å². The molecule has 4 rings (SSSR count). The summed E-state index contributed by atoms with van der Waals surface area (Å²) in [5, 5.41) is 5.21. The second-order valence-electron chi connectivity index (χ2n) is 7.36. The van der Waals surface area contributed by atoms with Crippen molar-refractivity contribution in [1.82, 2.24) is 24.5 Å². The largest absolute Gasteiger partial charge is 0.342 e. The summed E-state index contributed by atoms with van der Waals surface area (Å²) in [6, 6.07) is 7.49. The quantitative estimate of drug-likeness (QED) is 0.669. The average Bonchev–Trinajstić information content (AvgIpc) is 2.91. The second kappa shape index (κ2) is 7.87. The molecule has 0 atom stereocenters. The molecule has 3 heterocycles. The van der Waals surface area contributed by atoms with E-state index in [-0.39, 0.29) is 5.91 Å². The molecule has 1 aromatic carbocycles. The first kappa shape index (κ1) is 18.9. The van der Waals surface area contributed by atoms with Crippen molar-refractivity contribution in [1.29, 1.82) is 0 Å². The third-order valence-electron chi connectivity index (χ3n) is 5.45. The van der Waals surface area contributed by atoms with E-state index in [2.05, 4.69) is 15.1 Å². The Morgan fingerprint density at radius 2 is 1.79 bits per heavy atom. The van der Waals surface area contributed by atoms with Gasteiger partial charge in [-0.15, -0.1) is 5.10 Å². The van der Waals surface area contributed by atoms with Gasteiger partial charge in [0.2, 0.25) is 5.91 Å². The average molecular weight is 398 g/mol. The number of carbonyl (C=O) groups is 1. The molecule has 0 spiro atoms. The molecule has 3 aromatic rings. The first-order valence-corrected chi connectivity index (χ1v) is 10.2. The number of hydrogen-bond acceptors (Lipinski definition) is 4. The summed E-state index contributed by atoms with van der Waals surface area (Å²) in [6.45, 7) is 5.61. The molecule has 1 saturated heterocycles. The van der Waals surface area contributed by atoms with Crippen LogP contribution in [0, 0.1) is 13.8 Å². The fraction of sp³-hybridized carbons (Fsp3) is 0.429. The predicted molar refractivity (Wildman–Crippen MR) is 109 cm³/mol. The molecule has 0 unspecified atom stereocenters. The van der Waals surface area contributed by atoms with Crippen LogP contribution >= 0.6 is 11.6 Å². The number of amides is 1. The highest BCUT2D eigenvalue weighted by atomic mass is 35.5. The summed E-state index contributed by atoms with van der Waals surface area (Å²) in [7, 11) is 0. The van der Waals surface area contributed by atoms with E-state index in [0.29, 0.717) is 23.0 Å². The van der Waals surface area contributed by atoms with E-state index in [1.807, 2.05) is 43.0 Å². The summed E-state index contributed by atoms with van der Waals surface area (Å²) in [6.07, 6.45) is 4.94. The number of carbonyl (C=O) groups excluding carboxylic acids is 1. The summed E-state index contributed by atoms with van der Waals surface area (Å²) in [5.41, 5.74) is 3.43. The summed E-state index contributed by atoms with van der Waals surface area (Å²) < 4.78 is 1.72. The lowest BCUT2D eigenvalue weighted by molar-refractivity contribution is -0.130. The van der Waals surface area contributed by atoms with Crippen molar-refractivity contribution in [3.8, 4) is 11.4 Å². The zero-order valence-corrected chi connectivity index (χ0v) is 17.0. The van der Waals surface area contributed by atoms with E-state index in [9.17, 15) is 4.79 Å². The molecule has 28 heavy (non-hydrogen) atoms. The van der Waals surface area contributed by atoms with Crippen LogP contribution in [-0.4, -0.2) is 43.5 Å². The van der Waals surface area contributed by atoms with Gasteiger partial charge < -0.3 is 4.90 Å². The van der Waals surface area contributed by atoms with Gasteiger partial charge in [-0.1, -0.05) is 36.6 Å². The van der Waals surface area contributed by atoms with Crippen LogP contribution in [0.3, 0.4) is 0 Å². The first-order valence-electron chi connectivity index (χ1n) is 9.80. The molecule has 0 bridgehead atoms. The zero-order valence-electron chi connectivity index (χ0n) is 16.3. The number of halogens is 1. The molecule has 2 aromatic heterocycles. The predicted octanol–water partition coefficient (Wildman–Crippen LogP) is 4.01. The monoisotopic (exact) mass is 397 g/mol. The number of aromatic nitrogens is 4. The van der Waals surface area contributed by atoms with Gasteiger partial charge >= 0.3 is 0 Å². The number of fused-ring (bicyclic) bond motifs is 1. The Bertz CT molecular complexity index is 1020. The summed E-state index contributed by atoms with van der Waals surface area (Å²) in [4.78, 5) is 24.0. The number of rotatable bonds is 3. The van der Waals surface area contributed by atoms with Crippen LogP contribution in [0.15, 0.2) is 24.3 Å². The Morgan fingerprint density at radius 3 is 2.50 bits per heavy atom. The molecule has 1 aliphatic rings. The van der Waals surface area contributed by atoms with E-state index in [4.69, 9.17) is 11.6 Å². The van der Waals surface area contributed by atoms with Crippen LogP contribution in [-0.2, 0) is 11.2 Å². The van der Waals surface area contributed by atoms with E-state index in [1.54, 1.807) is 4.52 Å². The van der Waals surface area contributed by atoms with Crippen molar-refractivity contribution in [3.05, 3.63) is 46.2 Å². The molecular formula is C21H24ClN5O. The maximum Gasteiger partial charge on any atom is 0.253 e. The van der Waals surface area contributed by atoms with Crippen LogP contribution in [0.4, 0.5) is 0 Å². The van der Waals surface area contributed by atoms with Gasteiger partial charge in [0.1, 0.15) is 0 Å². The smallest absolute Gasteiger partial charge is 0.253 e. The number of aryl methyl sites for hydroxylation is 2. The van der Waals surface area contributed by atoms with Crippen LogP contribution < -0.4 is 0 Å². The Hall–Kier alpha value is -2.47. The number of likely N-dealkylation sites (tertiary alicyclic amines) is 1. The van der Waals surface area contributed by atoms with Gasteiger partial charge in [0.15, 0.2) is 5.82 Å². The van der Waals surface area contributed by atoms with Crippen molar-refractivity contribution in [2.75, 3.05) is 13.1 Å².